The lowest BCUT2D eigenvalue weighted by molar-refractivity contribution is 0.102. The van der Waals surface area contributed by atoms with Gasteiger partial charge in [0.1, 0.15) is 11.3 Å². The number of aryl methyl sites for hydroxylation is 2. The van der Waals surface area contributed by atoms with Gasteiger partial charge in [0.15, 0.2) is 11.3 Å². The number of benzene rings is 1. The van der Waals surface area contributed by atoms with E-state index in [9.17, 15) is 4.79 Å². The predicted molar refractivity (Wildman–Crippen MR) is 120 cm³/mol. The third-order valence-corrected chi connectivity index (χ3v) is 5.19. The molecule has 9 heteroatoms. The maximum atomic E-state index is 12.7. The molecule has 0 fully saturated rings. The number of carbonyl (C=O) groups excluding carboxylic acids is 1. The number of rotatable bonds is 6. The van der Waals surface area contributed by atoms with Crippen LogP contribution in [-0.2, 0) is 14.1 Å². The van der Waals surface area contributed by atoms with E-state index in [2.05, 4.69) is 44.6 Å². The van der Waals surface area contributed by atoms with E-state index in [1.54, 1.807) is 21.8 Å². The van der Waals surface area contributed by atoms with Gasteiger partial charge in [-0.3, -0.25) is 9.48 Å². The fourth-order valence-electron chi connectivity index (χ4n) is 3.50. The molecule has 0 aliphatic rings. The van der Waals surface area contributed by atoms with Crippen molar-refractivity contribution in [3.63, 3.8) is 0 Å². The van der Waals surface area contributed by atoms with E-state index >= 15 is 0 Å². The highest BCUT2D eigenvalue weighted by molar-refractivity contribution is 6.03. The summed E-state index contributed by atoms with van der Waals surface area (Å²) in [5, 5.41) is 14.8. The van der Waals surface area contributed by atoms with Crippen LogP contribution in [-0.4, -0.2) is 35.4 Å². The van der Waals surface area contributed by atoms with Crippen molar-refractivity contribution in [3.05, 3.63) is 59.7 Å². The van der Waals surface area contributed by atoms with Crippen LogP contribution in [0.5, 0.6) is 0 Å². The first-order valence-corrected chi connectivity index (χ1v) is 10.2. The summed E-state index contributed by atoms with van der Waals surface area (Å²) < 4.78 is 3.44. The van der Waals surface area contributed by atoms with Crippen molar-refractivity contribution in [2.45, 2.75) is 32.7 Å². The van der Waals surface area contributed by atoms with Crippen molar-refractivity contribution >= 4 is 28.6 Å². The molecular weight excluding hydrogens is 392 g/mol. The number of hydrogen-bond donors (Lipinski definition) is 2. The molecule has 4 rings (SSSR count). The van der Waals surface area contributed by atoms with Gasteiger partial charge in [0, 0.05) is 25.5 Å². The van der Waals surface area contributed by atoms with Gasteiger partial charge in [0.2, 0.25) is 0 Å². The summed E-state index contributed by atoms with van der Waals surface area (Å²) in [6.07, 6.45) is 3.38. The van der Waals surface area contributed by atoms with Crippen LogP contribution < -0.4 is 10.6 Å². The lowest BCUT2D eigenvalue weighted by Crippen LogP contribution is -2.14. The molecule has 160 valence electrons. The van der Waals surface area contributed by atoms with Crippen molar-refractivity contribution in [2.24, 2.45) is 14.1 Å². The van der Waals surface area contributed by atoms with Gasteiger partial charge >= 0.3 is 0 Å². The van der Waals surface area contributed by atoms with Crippen LogP contribution in [0.15, 0.2) is 42.7 Å². The fraction of sp³-hybridized carbons (Fsp3) is 0.318. The number of nitrogens with one attached hydrogen (secondary N) is 2. The summed E-state index contributed by atoms with van der Waals surface area (Å²) in [6.45, 7) is 6.18. The van der Waals surface area contributed by atoms with E-state index in [4.69, 9.17) is 0 Å². The lowest BCUT2D eigenvalue weighted by Gasteiger charge is -2.16. The summed E-state index contributed by atoms with van der Waals surface area (Å²) in [7, 11) is 3.69. The first-order chi connectivity index (χ1) is 14.8. The molecule has 0 saturated carbocycles. The second-order valence-electron chi connectivity index (χ2n) is 7.91. The van der Waals surface area contributed by atoms with E-state index in [0.717, 1.165) is 16.8 Å². The molecule has 1 atom stereocenters. The highest BCUT2D eigenvalue weighted by Crippen LogP contribution is 2.22. The summed E-state index contributed by atoms with van der Waals surface area (Å²) in [4.78, 5) is 21.6. The third kappa shape index (κ3) is 4.25. The smallest absolute Gasteiger partial charge is 0.276 e. The molecule has 3 aromatic heterocycles. The number of fused-ring (bicyclic) bond motifs is 1. The van der Waals surface area contributed by atoms with Gasteiger partial charge in [-0.05, 0) is 36.6 Å². The summed E-state index contributed by atoms with van der Waals surface area (Å²) in [6, 6.07) is 9.51. The Hall–Kier alpha value is -3.75. The van der Waals surface area contributed by atoms with Crippen molar-refractivity contribution < 1.29 is 4.79 Å². The largest absolute Gasteiger partial charge is 0.362 e. The van der Waals surface area contributed by atoms with Gasteiger partial charge in [-0.15, -0.1) is 0 Å². The average molecular weight is 419 g/mol. The Balaban J connectivity index is 1.48. The molecule has 3 heterocycles. The minimum atomic E-state index is -0.229. The Kier molecular flexibility index (Phi) is 5.41. The number of hydrogen-bond acceptors (Lipinski definition) is 6. The molecule has 4 aromatic rings. The Bertz CT molecular complexity index is 1240. The average Bonchev–Trinajstić information content (AvgIpc) is 3.31. The molecule has 9 nitrogen and oxygen atoms in total. The molecule has 0 spiro atoms. The second kappa shape index (κ2) is 8.17. The highest BCUT2D eigenvalue weighted by atomic mass is 16.1. The number of carbonyl (C=O) groups is 1. The minimum absolute atomic E-state index is 0.0424. The standard InChI is InChI=1S/C22H26N8O/c1-13(2)19-10-17(28-29(19)4)22(31)26-16-8-6-7-15(9-16)14(3)25-20-12-23-18-11-24-30(5)21(18)27-20/h6-14H,1-5H3,(H,25,27)(H,26,31)/t14-/m0/s1. The van der Waals surface area contributed by atoms with Crippen molar-refractivity contribution in [2.75, 3.05) is 10.6 Å². The zero-order valence-electron chi connectivity index (χ0n) is 18.3. The molecule has 31 heavy (non-hydrogen) atoms. The summed E-state index contributed by atoms with van der Waals surface area (Å²) in [5.74, 6) is 0.725. The monoisotopic (exact) mass is 418 g/mol. The Labute approximate surface area is 180 Å². The van der Waals surface area contributed by atoms with Gasteiger partial charge in [-0.2, -0.15) is 10.2 Å². The maximum absolute atomic E-state index is 12.7. The van der Waals surface area contributed by atoms with Crippen LogP contribution in [0.2, 0.25) is 0 Å². The molecule has 0 radical (unpaired) electrons. The molecular formula is C22H26N8O. The highest BCUT2D eigenvalue weighted by Gasteiger charge is 2.16. The van der Waals surface area contributed by atoms with Gasteiger partial charge in [0.05, 0.1) is 18.4 Å². The van der Waals surface area contributed by atoms with Gasteiger partial charge < -0.3 is 10.6 Å². The fourth-order valence-corrected chi connectivity index (χ4v) is 3.50. The first kappa shape index (κ1) is 20.5. The Morgan fingerprint density at radius 3 is 2.61 bits per heavy atom. The van der Waals surface area contributed by atoms with Gasteiger partial charge in [-0.1, -0.05) is 26.0 Å². The summed E-state index contributed by atoms with van der Waals surface area (Å²) >= 11 is 0. The molecule has 2 N–H and O–H groups in total. The van der Waals surface area contributed by atoms with Crippen molar-refractivity contribution in [1.29, 1.82) is 0 Å². The van der Waals surface area contributed by atoms with E-state index in [-0.39, 0.29) is 11.9 Å². The van der Waals surface area contributed by atoms with E-state index in [0.29, 0.717) is 28.8 Å². The molecule has 0 unspecified atom stereocenters. The normalized spacial score (nSPS) is 12.3. The van der Waals surface area contributed by atoms with E-state index in [1.165, 1.54) is 0 Å². The van der Waals surface area contributed by atoms with Crippen LogP contribution in [0.4, 0.5) is 11.5 Å². The molecule has 1 aromatic carbocycles. The Morgan fingerprint density at radius 1 is 1.06 bits per heavy atom. The number of aromatic nitrogens is 6. The molecule has 0 saturated heterocycles. The number of anilines is 2. The molecule has 0 aliphatic heterocycles. The van der Waals surface area contributed by atoms with Crippen LogP contribution >= 0.6 is 0 Å². The molecule has 1 amide bonds. The van der Waals surface area contributed by atoms with Crippen LogP contribution in [0.25, 0.3) is 11.2 Å². The first-order valence-electron chi connectivity index (χ1n) is 10.2. The summed E-state index contributed by atoms with van der Waals surface area (Å²) in [5.41, 5.74) is 4.61. The number of amides is 1. The number of nitrogens with zero attached hydrogens (tertiary/aromatic N) is 6. The second-order valence-corrected chi connectivity index (χ2v) is 7.91. The zero-order chi connectivity index (χ0) is 22.1. The molecule has 0 bridgehead atoms. The zero-order valence-corrected chi connectivity index (χ0v) is 18.3. The third-order valence-electron chi connectivity index (χ3n) is 5.19. The van der Waals surface area contributed by atoms with Crippen molar-refractivity contribution in [1.82, 2.24) is 29.5 Å². The van der Waals surface area contributed by atoms with Crippen LogP contribution in [0.3, 0.4) is 0 Å². The predicted octanol–water partition coefficient (Wildman–Crippen LogP) is 3.65. The van der Waals surface area contributed by atoms with Crippen LogP contribution in [0.1, 0.15) is 54.5 Å². The van der Waals surface area contributed by atoms with E-state index < -0.39 is 0 Å². The molecule has 0 aliphatic carbocycles. The van der Waals surface area contributed by atoms with Crippen molar-refractivity contribution in [3.8, 4) is 0 Å². The maximum Gasteiger partial charge on any atom is 0.276 e. The lowest BCUT2D eigenvalue weighted by atomic mass is 10.1. The topological polar surface area (TPSA) is 103 Å². The SMILES string of the molecule is CC(C)c1cc(C(=O)Nc2cccc([C@H](C)Nc3cnc4cnn(C)c4n3)c2)nn1C. The van der Waals surface area contributed by atoms with Gasteiger partial charge in [-0.25, -0.2) is 14.6 Å². The van der Waals surface area contributed by atoms with Gasteiger partial charge in [0.25, 0.3) is 5.91 Å². The van der Waals surface area contributed by atoms with E-state index in [1.807, 2.05) is 51.4 Å². The quantitative estimate of drug-likeness (QED) is 0.496. The Morgan fingerprint density at radius 2 is 1.87 bits per heavy atom. The van der Waals surface area contributed by atoms with Crippen LogP contribution in [0, 0.1) is 0 Å². The minimum Gasteiger partial charge on any atom is -0.362 e.